The summed E-state index contributed by atoms with van der Waals surface area (Å²) in [5.74, 6) is 0.0789. The number of hydrogen-bond acceptors (Lipinski definition) is 3. The minimum Gasteiger partial charge on any atom is -0.399 e. The molecule has 1 saturated heterocycles. The van der Waals surface area contributed by atoms with Crippen molar-refractivity contribution in [2.75, 3.05) is 25.4 Å². The molecule has 0 saturated carbocycles. The van der Waals surface area contributed by atoms with Crippen molar-refractivity contribution in [2.24, 2.45) is 5.92 Å². The van der Waals surface area contributed by atoms with Crippen LogP contribution in [0.5, 0.6) is 0 Å². The van der Waals surface area contributed by atoms with E-state index in [1.165, 1.54) is 0 Å². The van der Waals surface area contributed by atoms with Gasteiger partial charge in [-0.1, -0.05) is 15.9 Å². The first-order valence-corrected chi connectivity index (χ1v) is 7.93. The van der Waals surface area contributed by atoms with Crippen LogP contribution in [0.1, 0.15) is 30.1 Å². The predicted molar refractivity (Wildman–Crippen MR) is 85.9 cm³/mol. The van der Waals surface area contributed by atoms with Crippen LogP contribution in [-0.2, 0) is 4.79 Å². The first kappa shape index (κ1) is 15.8. The summed E-state index contributed by atoms with van der Waals surface area (Å²) in [5.41, 5.74) is 6.91. The highest BCUT2D eigenvalue weighted by Crippen LogP contribution is 2.22. The van der Waals surface area contributed by atoms with Crippen molar-refractivity contribution in [3.05, 3.63) is 28.2 Å². The number of hydrogen-bond donors (Lipinski definition) is 2. The average molecular weight is 354 g/mol. The van der Waals surface area contributed by atoms with E-state index >= 15 is 0 Å². The number of nitrogens with zero attached hydrogens (tertiary/aromatic N) is 1. The molecule has 0 spiro atoms. The topological polar surface area (TPSA) is 75.4 Å². The second-order valence-corrected chi connectivity index (χ2v) is 6.15. The highest BCUT2D eigenvalue weighted by molar-refractivity contribution is 9.10. The fourth-order valence-electron chi connectivity index (χ4n) is 2.58. The van der Waals surface area contributed by atoms with Crippen LogP contribution in [0, 0.1) is 5.92 Å². The summed E-state index contributed by atoms with van der Waals surface area (Å²) in [6, 6.07) is 5.22. The maximum atomic E-state index is 12.5. The van der Waals surface area contributed by atoms with Crippen LogP contribution in [0.15, 0.2) is 22.7 Å². The first-order valence-electron chi connectivity index (χ1n) is 7.14. The minimum atomic E-state index is -0.0302. The molecule has 0 bridgehead atoms. The highest BCUT2D eigenvalue weighted by atomic mass is 79.9. The van der Waals surface area contributed by atoms with Gasteiger partial charge in [0.25, 0.3) is 5.91 Å². The Morgan fingerprint density at radius 1 is 1.33 bits per heavy atom. The van der Waals surface area contributed by atoms with Gasteiger partial charge in [0.05, 0.1) is 0 Å². The lowest BCUT2D eigenvalue weighted by molar-refractivity contribution is -0.126. The number of nitrogen functional groups attached to an aromatic ring is 1. The maximum absolute atomic E-state index is 12.5. The van der Waals surface area contributed by atoms with Crippen molar-refractivity contribution in [2.45, 2.75) is 19.8 Å². The molecule has 6 heteroatoms. The van der Waals surface area contributed by atoms with E-state index in [4.69, 9.17) is 5.73 Å². The Bertz CT molecular complexity index is 519. The quantitative estimate of drug-likeness (QED) is 0.816. The zero-order chi connectivity index (χ0) is 15.4. The molecular formula is C15H20BrN3O2. The summed E-state index contributed by atoms with van der Waals surface area (Å²) < 4.78 is 0.794. The third-order valence-electron chi connectivity index (χ3n) is 3.67. The molecule has 1 aliphatic rings. The van der Waals surface area contributed by atoms with Crippen LogP contribution in [0.3, 0.4) is 0 Å². The minimum absolute atomic E-state index is 0.0154. The van der Waals surface area contributed by atoms with Gasteiger partial charge in [-0.25, -0.2) is 0 Å². The van der Waals surface area contributed by atoms with E-state index in [9.17, 15) is 9.59 Å². The van der Waals surface area contributed by atoms with E-state index in [-0.39, 0.29) is 17.7 Å². The summed E-state index contributed by atoms with van der Waals surface area (Å²) in [7, 11) is 0. The molecule has 0 aliphatic carbocycles. The number of nitrogens with two attached hydrogens (primary N) is 1. The number of carbonyl (C=O) groups is 2. The number of anilines is 1. The molecule has 0 aromatic heterocycles. The Balaban J connectivity index is 1.98. The second-order valence-electron chi connectivity index (χ2n) is 5.23. The first-order chi connectivity index (χ1) is 10.0. The Labute approximate surface area is 133 Å². The van der Waals surface area contributed by atoms with Gasteiger partial charge in [-0.15, -0.1) is 0 Å². The fraction of sp³-hybridized carbons (Fsp3) is 0.467. The van der Waals surface area contributed by atoms with Gasteiger partial charge in [-0.05, 0) is 38.0 Å². The Hall–Kier alpha value is -1.56. The zero-order valence-corrected chi connectivity index (χ0v) is 13.6. The number of amides is 2. The number of likely N-dealkylation sites (tertiary alicyclic amines) is 1. The van der Waals surface area contributed by atoms with E-state index in [0.717, 1.165) is 4.47 Å². The van der Waals surface area contributed by atoms with Crippen LogP contribution in [-0.4, -0.2) is 36.3 Å². The van der Waals surface area contributed by atoms with E-state index in [1.54, 1.807) is 23.1 Å². The molecular weight excluding hydrogens is 334 g/mol. The van der Waals surface area contributed by atoms with Gasteiger partial charge in [-0.2, -0.15) is 0 Å². The number of benzene rings is 1. The SMILES string of the molecule is CCNC(=O)C1CCN(C(=O)c2cc(N)cc(Br)c2)CC1. The molecule has 5 nitrogen and oxygen atoms in total. The van der Waals surface area contributed by atoms with Gasteiger partial charge >= 0.3 is 0 Å². The maximum Gasteiger partial charge on any atom is 0.253 e. The van der Waals surface area contributed by atoms with Gasteiger partial charge < -0.3 is 16.0 Å². The number of halogens is 1. The summed E-state index contributed by atoms with van der Waals surface area (Å²) >= 11 is 3.35. The van der Waals surface area contributed by atoms with Gasteiger partial charge in [-0.3, -0.25) is 9.59 Å². The normalized spacial score (nSPS) is 15.8. The van der Waals surface area contributed by atoms with E-state index in [0.29, 0.717) is 43.7 Å². The lowest BCUT2D eigenvalue weighted by Gasteiger charge is -2.31. The summed E-state index contributed by atoms with van der Waals surface area (Å²) in [6.45, 7) is 3.77. The lowest BCUT2D eigenvalue weighted by atomic mass is 9.95. The third kappa shape index (κ3) is 3.97. The van der Waals surface area contributed by atoms with Gasteiger partial charge in [0.1, 0.15) is 0 Å². The number of carbonyl (C=O) groups excluding carboxylic acids is 2. The van der Waals surface area contributed by atoms with Crippen molar-refractivity contribution in [3.63, 3.8) is 0 Å². The average Bonchev–Trinajstić information content (AvgIpc) is 2.46. The van der Waals surface area contributed by atoms with Crippen molar-refractivity contribution < 1.29 is 9.59 Å². The Kier molecular flexibility index (Phi) is 5.22. The van der Waals surface area contributed by atoms with E-state index in [2.05, 4.69) is 21.2 Å². The zero-order valence-electron chi connectivity index (χ0n) is 12.1. The van der Waals surface area contributed by atoms with Crippen LogP contribution >= 0.6 is 15.9 Å². The van der Waals surface area contributed by atoms with Crippen molar-refractivity contribution in [3.8, 4) is 0 Å². The van der Waals surface area contributed by atoms with Crippen molar-refractivity contribution >= 4 is 33.4 Å². The molecule has 1 heterocycles. The molecule has 114 valence electrons. The summed E-state index contributed by atoms with van der Waals surface area (Å²) in [5, 5.41) is 2.84. The van der Waals surface area contributed by atoms with Crippen LogP contribution in [0.25, 0.3) is 0 Å². The van der Waals surface area contributed by atoms with Crippen LogP contribution in [0.4, 0.5) is 5.69 Å². The van der Waals surface area contributed by atoms with E-state index < -0.39 is 0 Å². The molecule has 21 heavy (non-hydrogen) atoms. The van der Waals surface area contributed by atoms with Crippen LogP contribution < -0.4 is 11.1 Å². The number of rotatable bonds is 3. The van der Waals surface area contributed by atoms with Crippen molar-refractivity contribution in [1.82, 2.24) is 10.2 Å². The molecule has 0 unspecified atom stereocenters. The summed E-state index contributed by atoms with van der Waals surface area (Å²) in [4.78, 5) is 26.0. The molecule has 1 aliphatic heterocycles. The van der Waals surface area contributed by atoms with Gasteiger partial charge in [0.2, 0.25) is 5.91 Å². The van der Waals surface area contributed by atoms with E-state index in [1.807, 2.05) is 6.92 Å². The monoisotopic (exact) mass is 353 g/mol. The predicted octanol–water partition coefficient (Wildman–Crippen LogP) is 2.02. The molecule has 1 aromatic carbocycles. The van der Waals surface area contributed by atoms with Crippen LogP contribution in [0.2, 0.25) is 0 Å². The molecule has 1 fully saturated rings. The molecule has 0 atom stereocenters. The smallest absolute Gasteiger partial charge is 0.253 e. The third-order valence-corrected chi connectivity index (χ3v) is 4.13. The number of piperidine rings is 1. The van der Waals surface area contributed by atoms with Gasteiger partial charge in [0, 0.05) is 41.3 Å². The second kappa shape index (κ2) is 6.93. The molecule has 2 rings (SSSR count). The Morgan fingerprint density at radius 2 is 2.00 bits per heavy atom. The lowest BCUT2D eigenvalue weighted by Crippen LogP contribution is -2.43. The molecule has 2 amide bonds. The summed E-state index contributed by atoms with van der Waals surface area (Å²) in [6.07, 6.45) is 1.42. The van der Waals surface area contributed by atoms with Crippen molar-refractivity contribution in [1.29, 1.82) is 0 Å². The molecule has 1 aromatic rings. The Morgan fingerprint density at radius 3 is 2.57 bits per heavy atom. The standard InChI is InChI=1S/C15H20BrN3O2/c1-2-18-14(20)10-3-5-19(6-4-10)15(21)11-7-12(16)9-13(17)8-11/h7-10H,2-6,17H2,1H3,(H,18,20). The molecule has 0 radical (unpaired) electrons. The van der Waals surface area contributed by atoms with Gasteiger partial charge in [0.15, 0.2) is 0 Å². The fourth-order valence-corrected chi connectivity index (χ4v) is 3.09. The largest absolute Gasteiger partial charge is 0.399 e. The highest BCUT2D eigenvalue weighted by Gasteiger charge is 2.27. The molecule has 3 N–H and O–H groups in total. The number of nitrogens with one attached hydrogen (secondary N) is 1.